The van der Waals surface area contributed by atoms with Gasteiger partial charge < -0.3 is 19.3 Å². The average Bonchev–Trinajstić information content (AvgIpc) is 3.64. The Hall–Kier alpha value is -4.63. The maximum Gasteiger partial charge on any atom is 0.301 e. The Kier molecular flexibility index (Phi) is 6.96. The molecule has 208 valence electrons. The third-order valence-electron chi connectivity index (χ3n) is 7.04. The number of carbonyl (C=O) groups is 2. The minimum atomic E-state index is -0.904. The number of aromatic nitrogens is 1. The van der Waals surface area contributed by atoms with Gasteiger partial charge in [0.1, 0.15) is 35.7 Å². The van der Waals surface area contributed by atoms with Gasteiger partial charge in [0.15, 0.2) is 5.13 Å². The van der Waals surface area contributed by atoms with E-state index in [4.69, 9.17) is 19.2 Å². The zero-order valence-corrected chi connectivity index (χ0v) is 23.4. The Morgan fingerprint density at radius 2 is 1.90 bits per heavy atom. The first kappa shape index (κ1) is 26.6. The van der Waals surface area contributed by atoms with Gasteiger partial charge in [0.05, 0.1) is 28.4 Å². The number of hydrogen-bond acceptors (Lipinski definition) is 8. The fraction of sp³-hybridized carbons (Fsp3) is 0.219. The molecular formula is C32H28N2O6S. The van der Waals surface area contributed by atoms with Crippen molar-refractivity contribution in [1.82, 2.24) is 4.98 Å². The van der Waals surface area contributed by atoms with E-state index < -0.39 is 17.7 Å². The van der Waals surface area contributed by atoms with Gasteiger partial charge in [-0.1, -0.05) is 36.1 Å². The van der Waals surface area contributed by atoms with Crippen LogP contribution >= 0.6 is 11.3 Å². The van der Waals surface area contributed by atoms with Crippen molar-refractivity contribution in [3.63, 3.8) is 0 Å². The maximum atomic E-state index is 13.6. The molecule has 3 heterocycles. The normalized spacial score (nSPS) is 19.3. The molecule has 0 bridgehead atoms. The summed E-state index contributed by atoms with van der Waals surface area (Å²) in [4.78, 5) is 33.3. The van der Waals surface area contributed by atoms with Crippen molar-refractivity contribution in [3.8, 4) is 17.2 Å². The van der Waals surface area contributed by atoms with Crippen LogP contribution in [0.4, 0.5) is 5.13 Å². The number of aliphatic hydroxyl groups is 1. The van der Waals surface area contributed by atoms with Gasteiger partial charge in [0.2, 0.25) is 0 Å². The Bertz CT molecular complexity index is 1710. The van der Waals surface area contributed by atoms with Crippen LogP contribution in [0.5, 0.6) is 17.2 Å². The van der Waals surface area contributed by atoms with E-state index >= 15 is 0 Å². The molecule has 2 atom stereocenters. The van der Waals surface area contributed by atoms with E-state index in [1.165, 1.54) is 16.2 Å². The van der Waals surface area contributed by atoms with Crippen LogP contribution in [0.15, 0.2) is 78.9 Å². The van der Waals surface area contributed by atoms with Crippen LogP contribution in [0.1, 0.15) is 36.6 Å². The second kappa shape index (κ2) is 10.7. The summed E-state index contributed by atoms with van der Waals surface area (Å²) < 4.78 is 17.9. The number of benzene rings is 3. The fourth-order valence-electron chi connectivity index (χ4n) is 5.22. The predicted octanol–water partition coefficient (Wildman–Crippen LogP) is 6.21. The number of amides is 1. The molecule has 1 aromatic heterocycles. The second-order valence-corrected chi connectivity index (χ2v) is 10.9. The monoisotopic (exact) mass is 568 g/mol. The fourth-order valence-corrected chi connectivity index (χ4v) is 6.24. The third kappa shape index (κ3) is 4.82. The number of nitrogens with zero attached hydrogens (tertiary/aromatic N) is 2. The van der Waals surface area contributed by atoms with Gasteiger partial charge in [0.25, 0.3) is 5.78 Å². The SMILES string of the molecule is C=CCOc1ccc([C@@H]2C(=C(O)c3ccc4c(c3)C[C@@H](C)O4)C(=O)C(=O)N2c2nc3ccc(OCC)cc3s2)cc1. The van der Waals surface area contributed by atoms with Gasteiger partial charge in [-0.15, -0.1) is 0 Å². The molecule has 8 nitrogen and oxygen atoms in total. The molecule has 1 amide bonds. The molecule has 0 aliphatic carbocycles. The summed E-state index contributed by atoms with van der Waals surface area (Å²) in [6.07, 6.45) is 2.36. The number of aliphatic hydroxyl groups excluding tert-OH is 1. The zero-order chi connectivity index (χ0) is 28.7. The van der Waals surface area contributed by atoms with E-state index in [2.05, 4.69) is 6.58 Å². The van der Waals surface area contributed by atoms with Gasteiger partial charge in [0, 0.05) is 12.0 Å². The quantitative estimate of drug-likeness (QED) is 0.117. The Morgan fingerprint density at radius 1 is 1.12 bits per heavy atom. The van der Waals surface area contributed by atoms with Crippen molar-refractivity contribution in [3.05, 3.63) is 95.6 Å². The topological polar surface area (TPSA) is 98.2 Å². The van der Waals surface area contributed by atoms with E-state index in [1.54, 1.807) is 42.5 Å². The van der Waals surface area contributed by atoms with Crippen molar-refractivity contribution in [2.24, 2.45) is 0 Å². The summed E-state index contributed by atoms with van der Waals surface area (Å²) >= 11 is 1.28. The number of Topliss-reactive ketones (excluding diaryl/α,β-unsaturated/α-hetero) is 1. The van der Waals surface area contributed by atoms with Crippen LogP contribution in [0.3, 0.4) is 0 Å². The minimum Gasteiger partial charge on any atom is -0.507 e. The Morgan fingerprint density at radius 3 is 2.66 bits per heavy atom. The number of ketones is 1. The number of carbonyl (C=O) groups excluding carboxylic acids is 2. The predicted molar refractivity (Wildman–Crippen MR) is 158 cm³/mol. The largest absolute Gasteiger partial charge is 0.507 e. The van der Waals surface area contributed by atoms with E-state index in [0.717, 1.165) is 16.0 Å². The molecule has 1 N–H and O–H groups in total. The van der Waals surface area contributed by atoms with Gasteiger partial charge >= 0.3 is 5.91 Å². The van der Waals surface area contributed by atoms with E-state index in [1.807, 2.05) is 38.1 Å². The van der Waals surface area contributed by atoms with Gasteiger partial charge in [-0.2, -0.15) is 0 Å². The van der Waals surface area contributed by atoms with E-state index in [-0.39, 0.29) is 17.4 Å². The summed E-state index contributed by atoms with van der Waals surface area (Å²) in [7, 11) is 0. The lowest BCUT2D eigenvalue weighted by Gasteiger charge is -2.23. The molecule has 0 unspecified atom stereocenters. The second-order valence-electron chi connectivity index (χ2n) is 9.85. The molecule has 4 aromatic rings. The minimum absolute atomic E-state index is 0.00376. The number of hydrogen-bond donors (Lipinski definition) is 1. The lowest BCUT2D eigenvalue weighted by Crippen LogP contribution is -2.29. The number of anilines is 1. The summed E-state index contributed by atoms with van der Waals surface area (Å²) in [6, 6.07) is 17.0. The standard InChI is InChI=1S/C32H28N2O6S/c1-4-14-39-22-9-6-19(7-10-22)28-27(29(35)20-8-13-25-21(16-20)15-18(3)40-25)30(36)31(37)34(28)32-33-24-12-11-23(38-5-2)17-26(24)41-32/h4,6-13,16-18,28,35H,1,5,14-15H2,2-3H3/t18-,28-/m1/s1. The highest BCUT2D eigenvalue weighted by molar-refractivity contribution is 7.22. The molecule has 1 fully saturated rings. The van der Waals surface area contributed by atoms with E-state index in [9.17, 15) is 14.7 Å². The molecule has 2 aliphatic heterocycles. The van der Waals surface area contributed by atoms with Crippen molar-refractivity contribution in [2.75, 3.05) is 18.1 Å². The number of rotatable bonds is 8. The molecule has 0 radical (unpaired) electrons. The van der Waals surface area contributed by atoms with Crippen LogP contribution < -0.4 is 19.1 Å². The maximum absolute atomic E-state index is 13.6. The Balaban J connectivity index is 1.48. The van der Waals surface area contributed by atoms with Crippen LogP contribution in [-0.2, 0) is 16.0 Å². The molecule has 3 aromatic carbocycles. The lowest BCUT2D eigenvalue weighted by atomic mass is 9.94. The van der Waals surface area contributed by atoms with Crippen LogP contribution in [0.25, 0.3) is 16.0 Å². The highest BCUT2D eigenvalue weighted by atomic mass is 32.1. The first-order chi connectivity index (χ1) is 19.9. The van der Waals surface area contributed by atoms with Gasteiger partial charge in [-0.3, -0.25) is 14.5 Å². The molecule has 41 heavy (non-hydrogen) atoms. The highest BCUT2D eigenvalue weighted by Crippen LogP contribution is 2.45. The number of fused-ring (bicyclic) bond motifs is 2. The molecule has 9 heteroatoms. The highest BCUT2D eigenvalue weighted by Gasteiger charge is 2.48. The van der Waals surface area contributed by atoms with Gasteiger partial charge in [-0.05, 0) is 73.5 Å². The number of ether oxygens (including phenoxy) is 3. The summed E-state index contributed by atoms with van der Waals surface area (Å²) in [5.74, 6) is 0.275. The van der Waals surface area contributed by atoms with Crippen LogP contribution in [0.2, 0.25) is 0 Å². The van der Waals surface area contributed by atoms with Crippen molar-refractivity contribution < 1.29 is 28.9 Å². The Labute approximate surface area is 241 Å². The lowest BCUT2D eigenvalue weighted by molar-refractivity contribution is -0.132. The van der Waals surface area contributed by atoms with Crippen LogP contribution in [-0.4, -0.2) is 41.1 Å². The first-order valence-corrected chi connectivity index (χ1v) is 14.2. The number of thiazole rings is 1. The molecular weight excluding hydrogens is 540 g/mol. The summed E-state index contributed by atoms with van der Waals surface area (Å²) in [5.41, 5.74) is 2.68. The first-order valence-electron chi connectivity index (χ1n) is 13.4. The molecule has 6 rings (SSSR count). The van der Waals surface area contributed by atoms with Crippen LogP contribution in [0, 0.1) is 0 Å². The van der Waals surface area contributed by atoms with Gasteiger partial charge in [-0.25, -0.2) is 4.98 Å². The molecule has 0 saturated carbocycles. The van der Waals surface area contributed by atoms with Crippen molar-refractivity contribution in [2.45, 2.75) is 32.4 Å². The van der Waals surface area contributed by atoms with E-state index in [0.29, 0.717) is 52.9 Å². The molecule has 1 saturated heterocycles. The van der Waals surface area contributed by atoms with Crippen molar-refractivity contribution >= 4 is 44.1 Å². The summed E-state index contributed by atoms with van der Waals surface area (Å²) in [6.45, 7) is 8.41. The third-order valence-corrected chi connectivity index (χ3v) is 8.06. The zero-order valence-electron chi connectivity index (χ0n) is 22.6. The van der Waals surface area contributed by atoms with Crippen molar-refractivity contribution in [1.29, 1.82) is 0 Å². The molecule has 2 aliphatic rings. The smallest absolute Gasteiger partial charge is 0.301 e. The summed E-state index contributed by atoms with van der Waals surface area (Å²) in [5, 5.41) is 11.9. The average molecular weight is 569 g/mol. The molecule has 0 spiro atoms.